The molecule has 0 aromatic carbocycles. The van der Waals surface area contributed by atoms with Gasteiger partial charge in [-0.1, -0.05) is 18.7 Å². The van der Waals surface area contributed by atoms with Gasteiger partial charge in [-0.2, -0.15) is 5.10 Å². The maximum absolute atomic E-state index is 11.5. The van der Waals surface area contributed by atoms with Crippen LogP contribution in [0.5, 0.6) is 0 Å². The standard InChI is InChI=1S/C17H23N5O2S/c1-2-5-22-14-4-3-11(8-13(14)15(20-22)16(23)24)18-9-12-10-21-6-7-25-17(21)19-12/h10-11,18H,2-9H2,1H3,(H,23,24)/t11-/m0/s1. The van der Waals surface area contributed by atoms with E-state index in [0.29, 0.717) is 0 Å². The molecule has 0 saturated heterocycles. The third-order valence-corrected chi connectivity index (χ3v) is 5.88. The van der Waals surface area contributed by atoms with Crippen molar-refractivity contribution in [3.8, 4) is 0 Å². The summed E-state index contributed by atoms with van der Waals surface area (Å²) in [5.41, 5.74) is 3.31. The summed E-state index contributed by atoms with van der Waals surface area (Å²) in [7, 11) is 0. The fourth-order valence-electron chi connectivity index (χ4n) is 3.73. The minimum Gasteiger partial charge on any atom is -0.476 e. The van der Waals surface area contributed by atoms with Crippen molar-refractivity contribution < 1.29 is 9.90 Å². The molecular formula is C17H23N5O2S. The number of aromatic carboxylic acids is 1. The fourth-order valence-corrected chi connectivity index (χ4v) is 4.69. The van der Waals surface area contributed by atoms with Crippen LogP contribution in [-0.4, -0.2) is 42.2 Å². The predicted molar refractivity (Wildman–Crippen MR) is 95.1 cm³/mol. The zero-order valence-corrected chi connectivity index (χ0v) is 15.2. The molecule has 1 aliphatic carbocycles. The molecule has 2 aromatic heterocycles. The van der Waals surface area contributed by atoms with Gasteiger partial charge in [0.05, 0.1) is 5.69 Å². The molecule has 8 heteroatoms. The van der Waals surface area contributed by atoms with E-state index in [4.69, 9.17) is 0 Å². The van der Waals surface area contributed by atoms with Gasteiger partial charge in [-0.3, -0.25) is 4.68 Å². The molecule has 0 saturated carbocycles. The van der Waals surface area contributed by atoms with Crippen molar-refractivity contribution in [1.82, 2.24) is 24.6 Å². The van der Waals surface area contributed by atoms with Crippen molar-refractivity contribution in [1.29, 1.82) is 0 Å². The number of carbonyl (C=O) groups is 1. The Morgan fingerprint density at radius 2 is 2.40 bits per heavy atom. The molecule has 0 amide bonds. The molecule has 25 heavy (non-hydrogen) atoms. The topological polar surface area (TPSA) is 85.0 Å². The van der Waals surface area contributed by atoms with Gasteiger partial charge < -0.3 is 15.0 Å². The second kappa shape index (κ2) is 6.84. The average molecular weight is 361 g/mol. The molecule has 2 aromatic rings. The Bertz CT molecular complexity index is 776. The molecule has 0 bridgehead atoms. The van der Waals surface area contributed by atoms with Gasteiger partial charge in [0.1, 0.15) is 0 Å². The van der Waals surface area contributed by atoms with Crippen LogP contribution < -0.4 is 5.32 Å². The number of carboxylic acids is 1. The Kier molecular flexibility index (Phi) is 4.56. The lowest BCUT2D eigenvalue weighted by atomic mass is 9.91. The second-order valence-electron chi connectivity index (χ2n) is 6.68. The first kappa shape index (κ1) is 16.7. The number of aryl methyl sites for hydroxylation is 2. The summed E-state index contributed by atoms with van der Waals surface area (Å²) in [6.07, 6.45) is 5.69. The van der Waals surface area contributed by atoms with Crippen LogP contribution in [0.3, 0.4) is 0 Å². The van der Waals surface area contributed by atoms with Gasteiger partial charge in [0.2, 0.25) is 0 Å². The van der Waals surface area contributed by atoms with E-state index in [1.165, 1.54) is 0 Å². The number of fused-ring (bicyclic) bond motifs is 2. The number of imidazole rings is 1. The van der Waals surface area contributed by atoms with Gasteiger partial charge in [-0.25, -0.2) is 9.78 Å². The van der Waals surface area contributed by atoms with Crippen LogP contribution in [0, 0.1) is 0 Å². The Hall–Kier alpha value is -1.80. The Balaban J connectivity index is 1.45. The highest BCUT2D eigenvalue weighted by atomic mass is 32.2. The van der Waals surface area contributed by atoms with Crippen LogP contribution in [0.2, 0.25) is 0 Å². The fraction of sp³-hybridized carbons (Fsp3) is 0.588. The summed E-state index contributed by atoms with van der Waals surface area (Å²) in [5, 5.41) is 18.5. The summed E-state index contributed by atoms with van der Waals surface area (Å²) in [5.74, 6) is 0.190. The highest BCUT2D eigenvalue weighted by Gasteiger charge is 2.28. The number of hydrogen-bond acceptors (Lipinski definition) is 5. The number of aromatic nitrogens is 4. The lowest BCUT2D eigenvalue weighted by Crippen LogP contribution is -2.35. The number of nitrogens with one attached hydrogen (secondary N) is 1. The minimum atomic E-state index is -0.922. The van der Waals surface area contributed by atoms with Crippen molar-refractivity contribution in [2.75, 3.05) is 5.75 Å². The van der Waals surface area contributed by atoms with E-state index in [-0.39, 0.29) is 11.7 Å². The monoisotopic (exact) mass is 361 g/mol. The average Bonchev–Trinajstić information content (AvgIpc) is 3.26. The summed E-state index contributed by atoms with van der Waals surface area (Å²) in [4.78, 5) is 16.2. The number of hydrogen-bond donors (Lipinski definition) is 2. The zero-order valence-electron chi connectivity index (χ0n) is 14.4. The van der Waals surface area contributed by atoms with Gasteiger partial charge in [-0.05, 0) is 25.7 Å². The smallest absolute Gasteiger partial charge is 0.356 e. The van der Waals surface area contributed by atoms with Gasteiger partial charge in [0, 0.05) is 48.9 Å². The van der Waals surface area contributed by atoms with Crippen molar-refractivity contribution in [2.24, 2.45) is 0 Å². The SMILES string of the molecule is CCCn1nc(C(=O)O)c2c1CC[C@H](NCc1cn3c(n1)SCC3)C2. The van der Waals surface area contributed by atoms with E-state index < -0.39 is 5.97 Å². The van der Waals surface area contributed by atoms with E-state index in [9.17, 15) is 9.90 Å². The molecule has 0 unspecified atom stereocenters. The normalized spacial score (nSPS) is 19.0. The van der Waals surface area contributed by atoms with Crippen LogP contribution >= 0.6 is 11.8 Å². The second-order valence-corrected chi connectivity index (χ2v) is 7.74. The molecule has 0 spiro atoms. The summed E-state index contributed by atoms with van der Waals surface area (Å²) >= 11 is 1.80. The van der Waals surface area contributed by atoms with Crippen LogP contribution in [0.25, 0.3) is 0 Å². The zero-order chi connectivity index (χ0) is 17.4. The maximum Gasteiger partial charge on any atom is 0.356 e. The molecule has 0 fully saturated rings. The first-order chi connectivity index (χ1) is 12.2. The molecule has 2 aliphatic rings. The van der Waals surface area contributed by atoms with Crippen molar-refractivity contribution >= 4 is 17.7 Å². The highest BCUT2D eigenvalue weighted by molar-refractivity contribution is 7.99. The van der Waals surface area contributed by atoms with Gasteiger partial charge >= 0.3 is 5.97 Å². The first-order valence-corrected chi connectivity index (χ1v) is 9.88. The molecule has 1 atom stereocenters. The van der Waals surface area contributed by atoms with Crippen molar-refractivity contribution in [3.63, 3.8) is 0 Å². The highest BCUT2D eigenvalue weighted by Crippen LogP contribution is 2.27. The van der Waals surface area contributed by atoms with Crippen molar-refractivity contribution in [3.05, 3.63) is 28.8 Å². The largest absolute Gasteiger partial charge is 0.476 e. The van der Waals surface area contributed by atoms with E-state index in [1.54, 1.807) is 11.8 Å². The third-order valence-electron chi connectivity index (χ3n) is 4.91. The minimum absolute atomic E-state index is 0.229. The van der Waals surface area contributed by atoms with Crippen LogP contribution in [0.15, 0.2) is 11.4 Å². The number of carboxylic acid groups (broad SMARTS) is 1. The summed E-state index contributed by atoms with van der Waals surface area (Å²) in [6, 6.07) is 0.272. The molecule has 0 radical (unpaired) electrons. The van der Waals surface area contributed by atoms with E-state index in [0.717, 1.165) is 73.2 Å². The molecular weight excluding hydrogens is 338 g/mol. The van der Waals surface area contributed by atoms with Crippen molar-refractivity contribution in [2.45, 2.75) is 63.4 Å². The summed E-state index contributed by atoms with van der Waals surface area (Å²) < 4.78 is 4.10. The van der Waals surface area contributed by atoms with Gasteiger partial charge in [-0.15, -0.1) is 0 Å². The van der Waals surface area contributed by atoms with Crippen LogP contribution in [-0.2, 0) is 32.5 Å². The number of rotatable bonds is 6. The molecule has 1 aliphatic heterocycles. The molecule has 2 N–H and O–H groups in total. The van der Waals surface area contributed by atoms with E-state index in [2.05, 4.69) is 33.1 Å². The van der Waals surface area contributed by atoms with Gasteiger partial charge in [0.15, 0.2) is 10.9 Å². The molecule has 7 nitrogen and oxygen atoms in total. The number of nitrogens with zero attached hydrogens (tertiary/aromatic N) is 4. The van der Waals surface area contributed by atoms with Crippen LogP contribution in [0.4, 0.5) is 0 Å². The molecule has 3 heterocycles. The van der Waals surface area contributed by atoms with Gasteiger partial charge in [0.25, 0.3) is 0 Å². The Morgan fingerprint density at radius 1 is 1.52 bits per heavy atom. The lowest BCUT2D eigenvalue weighted by Gasteiger charge is -2.24. The summed E-state index contributed by atoms with van der Waals surface area (Å²) in [6.45, 7) is 4.64. The third kappa shape index (κ3) is 3.20. The Labute approximate surface area is 150 Å². The van der Waals surface area contributed by atoms with E-state index >= 15 is 0 Å². The first-order valence-electron chi connectivity index (χ1n) is 8.89. The quantitative estimate of drug-likeness (QED) is 0.818. The predicted octanol–water partition coefficient (Wildman–Crippen LogP) is 1.94. The maximum atomic E-state index is 11.5. The molecule has 4 rings (SSSR count). The lowest BCUT2D eigenvalue weighted by molar-refractivity contribution is 0.0688. The van der Waals surface area contributed by atoms with E-state index in [1.807, 2.05) is 4.68 Å². The van der Waals surface area contributed by atoms with Crippen LogP contribution in [0.1, 0.15) is 47.2 Å². The number of thioether (sulfide) groups is 1. The Morgan fingerprint density at radius 3 is 3.16 bits per heavy atom. The molecule has 134 valence electrons.